The van der Waals surface area contributed by atoms with E-state index in [0.717, 1.165) is 18.4 Å². The van der Waals surface area contributed by atoms with Crippen LogP contribution in [0.15, 0.2) is 29.8 Å². The molecule has 0 spiro atoms. The standard InChI is InChI=1S/C15H19FO2/c1-4-11(5-2)8-13(17)9-12-6-7-15(18-3)14(16)10-12/h6-8,10H,4-5,9H2,1-3H3. The Labute approximate surface area is 107 Å². The molecule has 0 saturated carbocycles. The summed E-state index contributed by atoms with van der Waals surface area (Å²) in [6.07, 6.45) is 3.64. The first-order valence-electron chi connectivity index (χ1n) is 6.15. The van der Waals surface area contributed by atoms with Crippen LogP contribution in [0.25, 0.3) is 0 Å². The van der Waals surface area contributed by atoms with Gasteiger partial charge in [0.1, 0.15) is 0 Å². The van der Waals surface area contributed by atoms with Crippen molar-refractivity contribution in [2.24, 2.45) is 0 Å². The van der Waals surface area contributed by atoms with E-state index in [1.807, 2.05) is 13.8 Å². The van der Waals surface area contributed by atoms with Crippen LogP contribution >= 0.6 is 0 Å². The van der Waals surface area contributed by atoms with Crippen LogP contribution in [0.1, 0.15) is 32.3 Å². The zero-order chi connectivity index (χ0) is 13.5. The maximum atomic E-state index is 13.4. The van der Waals surface area contributed by atoms with Crippen molar-refractivity contribution in [1.82, 2.24) is 0 Å². The van der Waals surface area contributed by atoms with Gasteiger partial charge in [-0.05, 0) is 36.6 Å². The molecule has 0 saturated heterocycles. The van der Waals surface area contributed by atoms with Gasteiger partial charge in [-0.2, -0.15) is 0 Å². The van der Waals surface area contributed by atoms with Crippen LogP contribution in [0.2, 0.25) is 0 Å². The number of carbonyl (C=O) groups excluding carboxylic acids is 1. The van der Waals surface area contributed by atoms with Gasteiger partial charge in [0.25, 0.3) is 0 Å². The largest absolute Gasteiger partial charge is 0.494 e. The van der Waals surface area contributed by atoms with E-state index in [9.17, 15) is 9.18 Å². The van der Waals surface area contributed by atoms with Crippen LogP contribution in [0, 0.1) is 5.82 Å². The molecule has 98 valence electrons. The quantitative estimate of drug-likeness (QED) is 0.720. The summed E-state index contributed by atoms with van der Waals surface area (Å²) in [4.78, 5) is 11.8. The maximum Gasteiger partial charge on any atom is 0.165 e. The third-order valence-corrected chi connectivity index (χ3v) is 2.87. The highest BCUT2D eigenvalue weighted by molar-refractivity contribution is 5.92. The highest BCUT2D eigenvalue weighted by Gasteiger charge is 2.06. The van der Waals surface area contributed by atoms with Crippen LogP contribution in [0.5, 0.6) is 5.75 Å². The Morgan fingerprint density at radius 3 is 2.50 bits per heavy atom. The Morgan fingerprint density at radius 1 is 1.33 bits per heavy atom. The van der Waals surface area contributed by atoms with Crippen molar-refractivity contribution >= 4 is 5.78 Å². The van der Waals surface area contributed by atoms with Gasteiger partial charge in [-0.3, -0.25) is 4.79 Å². The molecule has 0 atom stereocenters. The predicted molar refractivity (Wildman–Crippen MR) is 70.3 cm³/mol. The van der Waals surface area contributed by atoms with Crippen LogP contribution in [0.4, 0.5) is 4.39 Å². The van der Waals surface area contributed by atoms with E-state index in [2.05, 4.69) is 0 Å². The molecular formula is C15H19FO2. The molecule has 1 rings (SSSR count). The molecular weight excluding hydrogens is 231 g/mol. The average molecular weight is 250 g/mol. The summed E-state index contributed by atoms with van der Waals surface area (Å²) >= 11 is 0. The summed E-state index contributed by atoms with van der Waals surface area (Å²) in [5.41, 5.74) is 1.79. The lowest BCUT2D eigenvalue weighted by Gasteiger charge is -2.04. The molecule has 18 heavy (non-hydrogen) atoms. The molecule has 2 nitrogen and oxygen atoms in total. The Hall–Kier alpha value is -1.64. The van der Waals surface area contributed by atoms with Crippen LogP contribution < -0.4 is 4.74 Å². The van der Waals surface area contributed by atoms with Gasteiger partial charge in [-0.1, -0.05) is 25.5 Å². The zero-order valence-electron chi connectivity index (χ0n) is 11.1. The molecule has 1 aromatic rings. The van der Waals surface area contributed by atoms with Crippen molar-refractivity contribution in [3.05, 3.63) is 41.2 Å². The molecule has 0 aromatic heterocycles. The van der Waals surface area contributed by atoms with Gasteiger partial charge in [0.15, 0.2) is 17.3 Å². The molecule has 0 unspecified atom stereocenters. The second kappa shape index (κ2) is 6.94. The van der Waals surface area contributed by atoms with E-state index in [4.69, 9.17) is 4.74 Å². The predicted octanol–water partition coefficient (Wildman–Crippen LogP) is 3.69. The monoisotopic (exact) mass is 250 g/mol. The third-order valence-electron chi connectivity index (χ3n) is 2.87. The smallest absolute Gasteiger partial charge is 0.165 e. The SMILES string of the molecule is CCC(=CC(=O)Cc1ccc(OC)c(F)c1)CC. The Balaban J connectivity index is 2.76. The van der Waals surface area contributed by atoms with Crippen molar-refractivity contribution in [2.45, 2.75) is 33.1 Å². The van der Waals surface area contributed by atoms with Gasteiger partial charge in [0.2, 0.25) is 0 Å². The molecule has 0 aliphatic carbocycles. The molecule has 0 amide bonds. The number of hydrogen-bond acceptors (Lipinski definition) is 2. The summed E-state index contributed by atoms with van der Waals surface area (Å²) < 4.78 is 18.3. The van der Waals surface area contributed by atoms with Crippen molar-refractivity contribution in [1.29, 1.82) is 0 Å². The molecule has 0 N–H and O–H groups in total. The minimum Gasteiger partial charge on any atom is -0.494 e. The van der Waals surface area contributed by atoms with Crippen molar-refractivity contribution < 1.29 is 13.9 Å². The lowest BCUT2D eigenvalue weighted by atomic mass is 10.0. The first-order valence-corrected chi connectivity index (χ1v) is 6.15. The van der Waals surface area contributed by atoms with E-state index < -0.39 is 5.82 Å². The van der Waals surface area contributed by atoms with Crippen LogP contribution in [-0.4, -0.2) is 12.9 Å². The number of hydrogen-bond donors (Lipinski definition) is 0. The highest BCUT2D eigenvalue weighted by Crippen LogP contribution is 2.18. The first-order chi connectivity index (χ1) is 8.60. The molecule has 3 heteroatoms. The number of carbonyl (C=O) groups is 1. The fourth-order valence-corrected chi connectivity index (χ4v) is 1.75. The fraction of sp³-hybridized carbons (Fsp3) is 0.400. The van der Waals surface area contributed by atoms with Crippen molar-refractivity contribution in [3.63, 3.8) is 0 Å². The summed E-state index contributed by atoms with van der Waals surface area (Å²) in [6.45, 7) is 4.05. The van der Waals surface area contributed by atoms with Gasteiger partial charge in [0.05, 0.1) is 7.11 Å². The molecule has 0 bridgehead atoms. The van der Waals surface area contributed by atoms with Gasteiger partial charge < -0.3 is 4.74 Å². The number of halogens is 1. The first kappa shape index (κ1) is 14.4. The van der Waals surface area contributed by atoms with Crippen molar-refractivity contribution in [2.75, 3.05) is 7.11 Å². The second-order valence-corrected chi connectivity index (χ2v) is 4.12. The lowest BCUT2D eigenvalue weighted by Crippen LogP contribution is -2.01. The number of methoxy groups -OCH3 is 1. The molecule has 1 aromatic carbocycles. The van der Waals surface area contributed by atoms with E-state index >= 15 is 0 Å². The van der Waals surface area contributed by atoms with Crippen LogP contribution in [-0.2, 0) is 11.2 Å². The Kier molecular flexibility index (Phi) is 5.56. The molecule has 0 heterocycles. The van der Waals surface area contributed by atoms with Gasteiger partial charge in [-0.25, -0.2) is 4.39 Å². The normalized spacial score (nSPS) is 10.0. The summed E-state index contributed by atoms with van der Waals surface area (Å²) in [6, 6.07) is 4.61. The molecule has 0 aliphatic heterocycles. The van der Waals surface area contributed by atoms with Gasteiger partial charge in [-0.15, -0.1) is 0 Å². The van der Waals surface area contributed by atoms with Crippen molar-refractivity contribution in [3.8, 4) is 5.75 Å². The van der Waals surface area contributed by atoms with E-state index in [-0.39, 0.29) is 18.0 Å². The number of rotatable bonds is 6. The third kappa shape index (κ3) is 3.99. The van der Waals surface area contributed by atoms with Crippen LogP contribution in [0.3, 0.4) is 0 Å². The van der Waals surface area contributed by atoms with E-state index in [1.165, 1.54) is 13.2 Å². The summed E-state index contributed by atoms with van der Waals surface area (Å²) in [5.74, 6) is -0.221. The number of ether oxygens (including phenoxy) is 1. The highest BCUT2D eigenvalue weighted by atomic mass is 19.1. The summed E-state index contributed by atoms with van der Waals surface area (Å²) in [7, 11) is 1.42. The Morgan fingerprint density at radius 2 is 2.00 bits per heavy atom. The maximum absolute atomic E-state index is 13.4. The number of benzene rings is 1. The second-order valence-electron chi connectivity index (χ2n) is 4.12. The lowest BCUT2D eigenvalue weighted by molar-refractivity contribution is -0.114. The summed E-state index contributed by atoms with van der Waals surface area (Å²) in [5, 5.41) is 0. The van der Waals surface area contributed by atoms with Gasteiger partial charge in [0, 0.05) is 6.42 Å². The number of allylic oxidation sites excluding steroid dienone is 2. The van der Waals surface area contributed by atoms with E-state index in [0.29, 0.717) is 5.56 Å². The number of ketones is 1. The zero-order valence-corrected chi connectivity index (χ0v) is 11.1. The molecule has 0 fully saturated rings. The average Bonchev–Trinajstić information content (AvgIpc) is 2.36. The minimum absolute atomic E-state index is 0.0123. The topological polar surface area (TPSA) is 26.3 Å². The molecule has 0 radical (unpaired) electrons. The Bertz CT molecular complexity index is 444. The minimum atomic E-state index is -0.432. The molecule has 0 aliphatic rings. The van der Waals surface area contributed by atoms with Gasteiger partial charge >= 0.3 is 0 Å². The fourth-order valence-electron chi connectivity index (χ4n) is 1.75. The van der Waals surface area contributed by atoms with E-state index in [1.54, 1.807) is 18.2 Å².